The summed E-state index contributed by atoms with van der Waals surface area (Å²) in [6, 6.07) is 37.4. The van der Waals surface area contributed by atoms with Crippen LogP contribution in [0, 0.1) is 36.7 Å². The van der Waals surface area contributed by atoms with Gasteiger partial charge in [0.05, 0.1) is 5.58 Å². The van der Waals surface area contributed by atoms with Gasteiger partial charge in [0.1, 0.15) is 0 Å². The predicted molar refractivity (Wildman–Crippen MR) is 237 cm³/mol. The molecule has 1 radical (unpaired) electrons. The van der Waals surface area contributed by atoms with Crippen molar-refractivity contribution < 1.29 is 43.7 Å². The summed E-state index contributed by atoms with van der Waals surface area (Å²) in [4.78, 5) is 12.9. The Kier molecular flexibility index (Phi) is 8.59. The normalized spacial score (nSPS) is 16.6. The number of nitrogens with zero attached hydrogens (tertiary/aromatic N) is 3. The minimum Gasteiger partial charge on any atom is -0.486 e. The number of hydrogen-bond acceptors (Lipinski definition) is 4. The molecule has 0 saturated carbocycles. The molecule has 0 aliphatic heterocycles. The van der Waals surface area contributed by atoms with Gasteiger partial charge in [-0.2, -0.15) is 0 Å². The zero-order valence-corrected chi connectivity index (χ0v) is 35.6. The molecule has 4 nitrogen and oxygen atoms in total. The van der Waals surface area contributed by atoms with Crippen molar-refractivity contribution in [3.63, 3.8) is 0 Å². The number of rotatable bonds is 8. The number of hydrogen-bond donors (Lipinski definition) is 0. The average Bonchev–Trinajstić information content (AvgIpc) is 3.69. The second kappa shape index (κ2) is 18.1. The summed E-state index contributed by atoms with van der Waals surface area (Å²) in [6.45, 7) is 6.49. The molecule has 0 atom stereocenters. The van der Waals surface area contributed by atoms with Crippen LogP contribution in [0.1, 0.15) is 94.2 Å². The first kappa shape index (κ1) is 27.5. The van der Waals surface area contributed by atoms with Crippen LogP contribution in [0.2, 0.25) is 0 Å². The number of benzene rings is 4. The van der Waals surface area contributed by atoms with Crippen molar-refractivity contribution in [2.75, 3.05) is 0 Å². The maximum atomic E-state index is 8.87. The molecule has 297 valence electrons. The molecule has 0 aliphatic rings. The fourth-order valence-corrected chi connectivity index (χ4v) is 6.19. The molecule has 0 N–H and O–H groups in total. The van der Waals surface area contributed by atoms with Gasteiger partial charge in [-0.15, -0.1) is 53.6 Å². The Hall–Kier alpha value is -5.22. The standard InChI is InChI=1S/C30H29N2O.C23H24N.Ir/c1-20-8-15-25-24-6-5-7-26(28(24)33-29(25)32-20)27-18-22(16-17-31-27)12-9-21-10-13-23(14-11-21)19-30(2,3)4;1-17-5-9-20(10-6-17)22-15-21(13-14-24-22)19-11-7-18(8-12-19)16-23(2,3)4;/h5-6,8,10-11,13-18H,9,12,19H2,1-4H3;5-9,11-15H,16H2,1-4H3;/q2*-1;/i1D3,9D2,12D2,19D2;1D3,16D2;. The molecule has 5 heteroatoms. The third kappa shape index (κ3) is 11.0. The number of aromatic nitrogens is 3. The molecule has 0 saturated heterocycles. The van der Waals surface area contributed by atoms with E-state index in [-0.39, 0.29) is 48.2 Å². The largest absolute Gasteiger partial charge is 0.486 e. The minimum absolute atomic E-state index is 0. The molecule has 0 spiro atoms. The van der Waals surface area contributed by atoms with Crippen LogP contribution in [-0.2, 0) is 45.6 Å². The zero-order valence-electron chi connectivity index (χ0n) is 47.2. The number of pyridine rings is 3. The third-order valence-corrected chi connectivity index (χ3v) is 8.66. The van der Waals surface area contributed by atoms with E-state index in [9.17, 15) is 0 Å². The average molecular weight is 954 g/mol. The van der Waals surface area contributed by atoms with E-state index in [1.165, 1.54) is 54.7 Å². The van der Waals surface area contributed by atoms with Crippen LogP contribution in [0.25, 0.3) is 55.7 Å². The Labute approximate surface area is 378 Å². The van der Waals surface area contributed by atoms with Crippen LogP contribution in [-0.4, -0.2) is 15.0 Å². The van der Waals surface area contributed by atoms with E-state index in [4.69, 9.17) is 23.6 Å². The Bertz CT molecular complexity index is 3190. The molecular formula is C53H53IrN3O-2. The predicted octanol–water partition coefficient (Wildman–Crippen LogP) is 13.6. The van der Waals surface area contributed by atoms with Crippen LogP contribution >= 0.6 is 0 Å². The molecule has 58 heavy (non-hydrogen) atoms. The molecule has 0 unspecified atom stereocenters. The van der Waals surface area contributed by atoms with E-state index < -0.39 is 50.0 Å². The summed E-state index contributed by atoms with van der Waals surface area (Å²) in [6.07, 6.45) is -5.00. The summed E-state index contributed by atoms with van der Waals surface area (Å²) >= 11 is 0. The van der Waals surface area contributed by atoms with E-state index in [1.54, 1.807) is 57.3 Å². The first-order valence-corrected chi connectivity index (χ1v) is 18.7. The summed E-state index contributed by atoms with van der Waals surface area (Å²) in [5.41, 5.74) is 4.61. The van der Waals surface area contributed by atoms with Gasteiger partial charge >= 0.3 is 0 Å². The van der Waals surface area contributed by atoms with Gasteiger partial charge in [0, 0.05) is 62.8 Å². The maximum Gasteiger partial charge on any atom is 0.216 e. The summed E-state index contributed by atoms with van der Waals surface area (Å²) in [7, 11) is 0. The van der Waals surface area contributed by atoms with Crippen LogP contribution in [0.15, 0.2) is 132 Å². The van der Waals surface area contributed by atoms with E-state index >= 15 is 0 Å². The number of furan rings is 1. The van der Waals surface area contributed by atoms with Gasteiger partial charge in [0.15, 0.2) is 0 Å². The van der Waals surface area contributed by atoms with Crippen LogP contribution in [0.5, 0.6) is 0 Å². The Morgan fingerprint density at radius 1 is 0.621 bits per heavy atom. The van der Waals surface area contributed by atoms with Gasteiger partial charge in [0.2, 0.25) is 5.71 Å². The van der Waals surface area contributed by atoms with Crippen molar-refractivity contribution in [2.24, 2.45) is 10.8 Å². The van der Waals surface area contributed by atoms with Crippen molar-refractivity contribution >= 4 is 22.1 Å². The summed E-state index contributed by atoms with van der Waals surface area (Å²) in [5, 5.41) is 1.26. The molecule has 0 aliphatic carbocycles. The molecule has 4 aromatic heterocycles. The fourth-order valence-electron chi connectivity index (χ4n) is 6.19. The van der Waals surface area contributed by atoms with Gasteiger partial charge in [-0.3, -0.25) is 0 Å². The molecule has 8 rings (SSSR count). The van der Waals surface area contributed by atoms with Gasteiger partial charge in [0.25, 0.3) is 0 Å². The maximum absolute atomic E-state index is 8.87. The molecule has 0 amide bonds. The van der Waals surface area contributed by atoms with Crippen molar-refractivity contribution in [1.29, 1.82) is 0 Å². The smallest absolute Gasteiger partial charge is 0.216 e. The monoisotopic (exact) mass is 954 g/mol. The van der Waals surface area contributed by atoms with E-state index in [1.807, 2.05) is 57.2 Å². The van der Waals surface area contributed by atoms with E-state index in [2.05, 4.69) is 27.1 Å². The Balaban J connectivity index is 0.000000248. The topological polar surface area (TPSA) is 51.8 Å². The van der Waals surface area contributed by atoms with Crippen molar-refractivity contribution in [3.05, 3.63) is 173 Å². The third-order valence-electron chi connectivity index (χ3n) is 8.66. The second-order valence-electron chi connectivity index (χ2n) is 15.8. The van der Waals surface area contributed by atoms with Crippen molar-refractivity contribution in [2.45, 2.75) is 80.7 Å². The van der Waals surface area contributed by atoms with E-state index in [0.717, 1.165) is 16.7 Å². The molecule has 0 bridgehead atoms. The first-order chi connectivity index (χ1) is 32.7. The summed E-state index contributed by atoms with van der Waals surface area (Å²) in [5.74, 6) is 0. The van der Waals surface area contributed by atoms with Gasteiger partial charge in [-0.1, -0.05) is 126 Å². The Morgan fingerprint density at radius 3 is 1.97 bits per heavy atom. The van der Waals surface area contributed by atoms with Crippen LogP contribution < -0.4 is 0 Å². The number of aryl methyl sites for hydroxylation is 4. The zero-order chi connectivity index (χ0) is 52.3. The molecular weight excluding hydrogens is 887 g/mol. The fraction of sp³-hybridized carbons (Fsp3) is 0.264. The minimum atomic E-state index is -2.51. The molecule has 0 fully saturated rings. The van der Waals surface area contributed by atoms with Gasteiger partial charge in [-0.05, 0) is 107 Å². The Morgan fingerprint density at radius 2 is 1.29 bits per heavy atom. The van der Waals surface area contributed by atoms with Gasteiger partial charge < -0.3 is 14.4 Å². The van der Waals surface area contributed by atoms with Crippen LogP contribution in [0.3, 0.4) is 0 Å². The quantitative estimate of drug-likeness (QED) is 0.142. The second-order valence-corrected chi connectivity index (χ2v) is 15.8. The molecule has 8 aromatic rings. The molecule has 4 aromatic carbocycles. The summed E-state index contributed by atoms with van der Waals surface area (Å²) < 4.78 is 120. The van der Waals surface area contributed by atoms with Gasteiger partial charge in [-0.25, -0.2) is 4.98 Å². The molecule has 4 heterocycles. The first-order valence-electron chi connectivity index (χ1n) is 25.7. The van der Waals surface area contributed by atoms with Crippen LogP contribution in [0.4, 0.5) is 0 Å². The number of fused-ring (bicyclic) bond motifs is 3. The van der Waals surface area contributed by atoms with Crippen molar-refractivity contribution in [1.82, 2.24) is 15.0 Å². The SMILES string of the molecule is [2H]C([2H])([2H])c1c[c-]c(-c2cc(-c3ccc(C([2H])([2H])C(C)(C)C)cc3)ccn2)cc1.[2H]C([2H])([2H])c1ccc2c(n1)oc1c(-c3cc(C([2H])([2H])C([2H])([2H])c4ccc(C([2H])([2H])C(C)(C)C)cc4)ccn3)[c-]ccc12.[Ir]. The van der Waals surface area contributed by atoms with Crippen molar-refractivity contribution in [3.8, 4) is 33.6 Å². The van der Waals surface area contributed by atoms with E-state index in [0.29, 0.717) is 44.4 Å².